The monoisotopic (exact) mass is 564 g/mol. The van der Waals surface area contributed by atoms with E-state index in [4.69, 9.17) is 21.1 Å². The lowest BCUT2D eigenvalue weighted by Gasteiger charge is -2.39. The Morgan fingerprint density at radius 2 is 1.93 bits per heavy atom. The van der Waals surface area contributed by atoms with Crippen LogP contribution >= 0.6 is 11.6 Å². The molecule has 1 fully saturated rings. The summed E-state index contributed by atoms with van der Waals surface area (Å²) in [6.07, 6.45) is 1.39. The van der Waals surface area contributed by atoms with E-state index in [9.17, 15) is 19.2 Å². The van der Waals surface area contributed by atoms with Gasteiger partial charge in [-0.2, -0.15) is 0 Å². The Balaban J connectivity index is 1.41. The first-order valence-corrected chi connectivity index (χ1v) is 13.3. The molecule has 3 heterocycles. The molecule has 1 saturated heterocycles. The number of carbonyl (C=O) groups is 3. The van der Waals surface area contributed by atoms with E-state index in [0.29, 0.717) is 30.0 Å². The van der Waals surface area contributed by atoms with Gasteiger partial charge < -0.3 is 29.6 Å². The number of amides is 3. The maximum Gasteiger partial charge on any atom is 0.266 e. The van der Waals surface area contributed by atoms with E-state index in [2.05, 4.69) is 10.3 Å². The number of aromatic nitrogens is 1. The van der Waals surface area contributed by atoms with Crippen molar-refractivity contribution in [1.29, 1.82) is 0 Å². The minimum absolute atomic E-state index is 0.0818. The quantitative estimate of drug-likeness (QED) is 0.468. The summed E-state index contributed by atoms with van der Waals surface area (Å²) in [6, 6.07) is 13.5. The van der Waals surface area contributed by atoms with Crippen LogP contribution in [0.3, 0.4) is 0 Å². The predicted octanol–water partition coefficient (Wildman–Crippen LogP) is 3.13. The van der Waals surface area contributed by atoms with Crippen LogP contribution in [0, 0.1) is 6.92 Å². The van der Waals surface area contributed by atoms with Gasteiger partial charge in [0, 0.05) is 31.9 Å². The second kappa shape index (κ2) is 11.5. The molecule has 0 aliphatic carbocycles. The van der Waals surface area contributed by atoms with Gasteiger partial charge in [-0.3, -0.25) is 19.2 Å². The lowest BCUT2D eigenvalue weighted by Crippen LogP contribution is -2.58. The van der Waals surface area contributed by atoms with E-state index < -0.39 is 11.6 Å². The summed E-state index contributed by atoms with van der Waals surface area (Å²) in [5.74, 6) is 0.122. The molecule has 11 heteroatoms. The van der Waals surface area contributed by atoms with Gasteiger partial charge in [0.2, 0.25) is 5.91 Å². The van der Waals surface area contributed by atoms with E-state index in [1.807, 2.05) is 31.2 Å². The fraction of sp³-hybridized carbons (Fsp3) is 0.310. The Hall–Kier alpha value is -4.15. The van der Waals surface area contributed by atoms with Gasteiger partial charge >= 0.3 is 0 Å². The first-order valence-electron chi connectivity index (χ1n) is 12.9. The summed E-state index contributed by atoms with van der Waals surface area (Å²) >= 11 is 5.92. The highest BCUT2D eigenvalue weighted by atomic mass is 35.5. The average Bonchev–Trinajstić information content (AvgIpc) is 2.94. The van der Waals surface area contributed by atoms with Crippen LogP contribution in [-0.4, -0.2) is 71.3 Å². The van der Waals surface area contributed by atoms with Crippen molar-refractivity contribution in [1.82, 2.24) is 20.1 Å². The molecule has 2 aliphatic rings. The number of ether oxygens (including phenoxy) is 2. The molecule has 3 amide bonds. The van der Waals surface area contributed by atoms with Crippen molar-refractivity contribution in [3.63, 3.8) is 0 Å². The smallest absolute Gasteiger partial charge is 0.266 e. The van der Waals surface area contributed by atoms with Crippen molar-refractivity contribution in [2.75, 3.05) is 26.7 Å². The fourth-order valence-corrected chi connectivity index (χ4v) is 5.02. The highest BCUT2D eigenvalue weighted by Gasteiger charge is 2.34. The van der Waals surface area contributed by atoms with Crippen LogP contribution < -0.4 is 15.6 Å². The summed E-state index contributed by atoms with van der Waals surface area (Å²) in [5.41, 5.74) is 1.90. The normalized spacial score (nSPS) is 19.9. The molecule has 2 aromatic carbocycles. The van der Waals surface area contributed by atoms with Gasteiger partial charge in [-0.1, -0.05) is 29.8 Å². The van der Waals surface area contributed by atoms with E-state index in [1.54, 1.807) is 30.1 Å². The van der Waals surface area contributed by atoms with Gasteiger partial charge in [0.25, 0.3) is 17.4 Å². The van der Waals surface area contributed by atoms with Gasteiger partial charge in [0.05, 0.1) is 30.9 Å². The SMILES string of the molecule is Cc1ccc2cc1Oc1cccc(c1)CO[C@@H]1CCN(C(=O)c3c[nH]c(=O)c(Cl)c3)C[C@@H]1NC(=O)CN(C)C2=O. The Morgan fingerprint density at radius 3 is 2.73 bits per heavy atom. The third kappa shape index (κ3) is 6.03. The Labute approximate surface area is 235 Å². The average molecular weight is 565 g/mol. The molecular formula is C29H29ClN4O6. The van der Waals surface area contributed by atoms with Crippen LogP contribution in [-0.2, 0) is 16.1 Å². The molecule has 1 aromatic heterocycles. The topological polar surface area (TPSA) is 121 Å². The molecule has 0 spiro atoms. The van der Waals surface area contributed by atoms with Gasteiger partial charge in [0.1, 0.15) is 16.5 Å². The standard InChI is InChI=1S/C29H29ClN4O6/c1-17-6-7-19-12-25(17)40-21-5-3-4-18(10-21)16-39-24-8-9-34(29(38)20-11-22(30)27(36)31-13-20)14-23(24)32-26(35)15-33(2)28(19)37/h3-7,10-13,23-24H,8-9,14-16H2,1-2H3,(H,31,36)(H,32,35)/t23-,24+/m0/s1. The number of aromatic amines is 1. The van der Waals surface area contributed by atoms with E-state index in [-0.39, 0.29) is 54.1 Å². The lowest BCUT2D eigenvalue weighted by atomic mass is 10.0. The number of H-pyrrole nitrogens is 1. The molecule has 40 heavy (non-hydrogen) atoms. The number of nitrogens with one attached hydrogen (secondary N) is 2. The van der Waals surface area contributed by atoms with E-state index in [0.717, 1.165) is 11.1 Å². The Kier molecular flexibility index (Phi) is 7.90. The number of carbonyl (C=O) groups excluding carboxylic acids is 3. The van der Waals surface area contributed by atoms with Crippen LogP contribution in [0.1, 0.15) is 38.3 Å². The van der Waals surface area contributed by atoms with Crippen molar-refractivity contribution in [2.45, 2.75) is 32.1 Å². The van der Waals surface area contributed by atoms with Crippen molar-refractivity contribution >= 4 is 29.3 Å². The van der Waals surface area contributed by atoms with Gasteiger partial charge in [-0.25, -0.2) is 0 Å². The molecule has 4 bridgehead atoms. The summed E-state index contributed by atoms with van der Waals surface area (Å²) in [5, 5.41) is 2.89. The molecule has 0 saturated carbocycles. The zero-order chi connectivity index (χ0) is 28.4. The number of piperidine rings is 1. The van der Waals surface area contributed by atoms with Crippen molar-refractivity contribution in [3.8, 4) is 11.5 Å². The molecule has 5 rings (SSSR count). The largest absolute Gasteiger partial charge is 0.457 e. The van der Waals surface area contributed by atoms with Crippen LogP contribution in [0.25, 0.3) is 0 Å². The molecule has 2 N–H and O–H groups in total. The zero-order valence-corrected chi connectivity index (χ0v) is 22.9. The summed E-state index contributed by atoms with van der Waals surface area (Å²) in [4.78, 5) is 56.4. The molecule has 2 aliphatic heterocycles. The van der Waals surface area contributed by atoms with Crippen molar-refractivity contribution in [2.24, 2.45) is 0 Å². The minimum Gasteiger partial charge on any atom is -0.457 e. The number of aryl methyl sites for hydroxylation is 1. The lowest BCUT2D eigenvalue weighted by molar-refractivity contribution is -0.124. The number of hydrogen-bond acceptors (Lipinski definition) is 6. The summed E-state index contributed by atoms with van der Waals surface area (Å²) < 4.78 is 12.4. The van der Waals surface area contributed by atoms with Crippen molar-refractivity contribution < 1.29 is 23.9 Å². The number of rotatable bonds is 1. The molecule has 208 valence electrons. The number of halogens is 1. The highest BCUT2D eigenvalue weighted by molar-refractivity contribution is 6.30. The zero-order valence-electron chi connectivity index (χ0n) is 22.1. The molecular weight excluding hydrogens is 536 g/mol. The van der Waals surface area contributed by atoms with Crippen LogP contribution in [0.15, 0.2) is 59.5 Å². The number of benzene rings is 2. The fourth-order valence-electron chi connectivity index (χ4n) is 4.85. The Bertz CT molecular complexity index is 1520. The number of hydrogen-bond donors (Lipinski definition) is 2. The maximum absolute atomic E-state index is 13.2. The van der Waals surface area contributed by atoms with E-state index >= 15 is 0 Å². The Morgan fingerprint density at radius 1 is 1.10 bits per heavy atom. The minimum atomic E-state index is -0.537. The van der Waals surface area contributed by atoms with Crippen LogP contribution in [0.4, 0.5) is 0 Å². The van der Waals surface area contributed by atoms with Gasteiger partial charge in [-0.05, 0) is 54.8 Å². The number of fused-ring (bicyclic) bond motifs is 5. The van der Waals surface area contributed by atoms with Crippen LogP contribution in [0.2, 0.25) is 5.02 Å². The summed E-state index contributed by atoms with van der Waals surface area (Å²) in [7, 11) is 1.56. The second-order valence-electron chi connectivity index (χ2n) is 10.0. The molecule has 3 aromatic rings. The van der Waals surface area contributed by atoms with Crippen LogP contribution in [0.5, 0.6) is 11.5 Å². The third-order valence-corrected chi connectivity index (χ3v) is 7.32. The van der Waals surface area contributed by atoms with Gasteiger partial charge in [-0.15, -0.1) is 0 Å². The third-order valence-electron chi connectivity index (χ3n) is 7.04. The molecule has 2 atom stereocenters. The molecule has 10 nitrogen and oxygen atoms in total. The second-order valence-corrected chi connectivity index (χ2v) is 10.4. The maximum atomic E-state index is 13.2. The van der Waals surface area contributed by atoms with Gasteiger partial charge in [0.15, 0.2) is 0 Å². The first kappa shape index (κ1) is 27.4. The first-order chi connectivity index (χ1) is 19.2. The van der Waals surface area contributed by atoms with E-state index in [1.165, 1.54) is 17.2 Å². The number of likely N-dealkylation sites (N-methyl/N-ethyl adjacent to an activating group) is 1. The molecule has 0 unspecified atom stereocenters. The number of pyridine rings is 1. The van der Waals surface area contributed by atoms with Crippen molar-refractivity contribution in [3.05, 3.63) is 92.4 Å². The number of nitrogens with zero attached hydrogens (tertiary/aromatic N) is 2. The molecule has 0 radical (unpaired) electrons. The summed E-state index contributed by atoms with van der Waals surface area (Å²) in [6.45, 7) is 2.54. The highest BCUT2D eigenvalue weighted by Crippen LogP contribution is 2.28. The predicted molar refractivity (Wildman–Crippen MR) is 148 cm³/mol. The number of likely N-dealkylation sites (tertiary alicyclic amines) is 1.